The van der Waals surface area contributed by atoms with Gasteiger partial charge in [0.25, 0.3) is 5.56 Å². The Labute approximate surface area is 153 Å². The molecule has 1 N–H and O–H groups in total. The van der Waals surface area contributed by atoms with Crippen molar-refractivity contribution in [1.29, 1.82) is 0 Å². The molecule has 136 valence electrons. The average Bonchev–Trinajstić information content (AvgIpc) is 3.25. The van der Waals surface area contributed by atoms with Gasteiger partial charge in [0.05, 0.1) is 42.6 Å². The van der Waals surface area contributed by atoms with Gasteiger partial charge in [0.2, 0.25) is 0 Å². The fourth-order valence-electron chi connectivity index (χ4n) is 3.27. The van der Waals surface area contributed by atoms with Crippen molar-refractivity contribution in [3.05, 3.63) is 48.8 Å². The van der Waals surface area contributed by atoms with Gasteiger partial charge in [-0.3, -0.25) is 4.79 Å². The molecule has 0 amide bonds. The molecule has 7 nitrogen and oxygen atoms in total. The first-order valence-corrected chi connectivity index (χ1v) is 9.29. The largest absolute Gasteiger partial charge is 0.506 e. The van der Waals surface area contributed by atoms with E-state index in [2.05, 4.69) is 17.1 Å². The molecular formula is C18H18N2O5S. The van der Waals surface area contributed by atoms with Gasteiger partial charge in [-0.2, -0.15) is 0 Å². The summed E-state index contributed by atoms with van der Waals surface area (Å²) < 4.78 is 11.8. The van der Waals surface area contributed by atoms with E-state index in [0.29, 0.717) is 11.3 Å². The van der Waals surface area contributed by atoms with Crippen LogP contribution in [0, 0.1) is 0 Å². The number of aromatic nitrogens is 2. The predicted molar refractivity (Wildman–Crippen MR) is 95.4 cm³/mol. The molecular weight excluding hydrogens is 356 g/mol. The molecule has 4 rings (SSSR count). The summed E-state index contributed by atoms with van der Waals surface area (Å²) in [5.74, 6) is -1.15. The van der Waals surface area contributed by atoms with Crippen LogP contribution in [0.5, 0.6) is 5.75 Å². The maximum atomic E-state index is 12.9. The van der Waals surface area contributed by atoms with Crippen LogP contribution in [0.25, 0.3) is 6.08 Å². The van der Waals surface area contributed by atoms with Crippen LogP contribution in [0.15, 0.2) is 10.9 Å². The minimum absolute atomic E-state index is 0.122. The predicted octanol–water partition coefficient (Wildman–Crippen LogP) is 2.22. The number of carbonyl (C=O) groups is 1. The molecule has 2 aliphatic rings. The summed E-state index contributed by atoms with van der Waals surface area (Å²) in [5.41, 5.74) is 1.18. The van der Waals surface area contributed by atoms with E-state index in [4.69, 9.17) is 9.47 Å². The summed E-state index contributed by atoms with van der Waals surface area (Å²) >= 11 is 1.54. The Balaban J connectivity index is 1.80. The van der Waals surface area contributed by atoms with Crippen LogP contribution in [0.2, 0.25) is 0 Å². The van der Waals surface area contributed by atoms with E-state index in [-0.39, 0.29) is 37.7 Å². The minimum Gasteiger partial charge on any atom is -0.506 e. The topological polar surface area (TPSA) is 90.6 Å². The number of carbonyl (C=O) groups excluding carboxylic acids is 1. The maximum absolute atomic E-state index is 12.9. The second kappa shape index (κ2) is 6.69. The van der Waals surface area contributed by atoms with Crippen molar-refractivity contribution in [1.82, 2.24) is 9.55 Å². The third-order valence-corrected chi connectivity index (χ3v) is 5.55. The smallest absolute Gasteiger partial charge is 0.347 e. The molecule has 2 aromatic heterocycles. The lowest BCUT2D eigenvalue weighted by molar-refractivity contribution is 0.0519. The van der Waals surface area contributed by atoms with Gasteiger partial charge in [-0.1, -0.05) is 6.08 Å². The van der Waals surface area contributed by atoms with E-state index in [1.165, 1.54) is 15.9 Å². The molecule has 26 heavy (non-hydrogen) atoms. The van der Waals surface area contributed by atoms with Crippen molar-refractivity contribution in [2.75, 3.05) is 6.61 Å². The van der Waals surface area contributed by atoms with Crippen LogP contribution in [-0.4, -0.2) is 27.2 Å². The molecule has 0 saturated carbocycles. The molecule has 8 heteroatoms. The molecule has 0 bridgehead atoms. The Morgan fingerprint density at radius 3 is 3.08 bits per heavy atom. The first kappa shape index (κ1) is 17.0. The number of ether oxygens (including phenoxy) is 2. The van der Waals surface area contributed by atoms with Crippen LogP contribution >= 0.6 is 11.3 Å². The minimum atomic E-state index is -0.820. The second-order valence-corrected chi connectivity index (χ2v) is 7.23. The van der Waals surface area contributed by atoms with Crippen LogP contribution in [0.4, 0.5) is 0 Å². The standard InChI is InChI=1S/C18H18N2O5S/c1-2-25-18(23)15-16(21)10-8-24-9-12(10)20(17(15)22)7-14-19-11-5-3-4-6-13(11)26-14/h4,6,21H,2-3,5,7-9H2,1H3. The number of aryl methyl sites for hydroxylation is 1. The number of hydrogen-bond donors (Lipinski definition) is 1. The van der Waals surface area contributed by atoms with Gasteiger partial charge in [-0.15, -0.1) is 11.3 Å². The Morgan fingerprint density at radius 1 is 1.46 bits per heavy atom. The lowest BCUT2D eigenvalue weighted by atomic mass is 10.1. The van der Waals surface area contributed by atoms with Gasteiger partial charge in [-0.05, 0) is 25.8 Å². The Bertz CT molecular complexity index is 973. The van der Waals surface area contributed by atoms with Gasteiger partial charge < -0.3 is 19.1 Å². The lowest BCUT2D eigenvalue weighted by Gasteiger charge is -2.14. The number of allylic oxidation sites excluding steroid dienone is 1. The SMILES string of the molecule is CCOC(=O)c1c(O)c2c(n(Cc3nc4c(s3)C=CCC4)c1=O)COC2. The molecule has 0 spiro atoms. The highest BCUT2D eigenvalue weighted by Gasteiger charge is 2.30. The van der Waals surface area contributed by atoms with Crippen LogP contribution in [0.1, 0.15) is 50.5 Å². The molecule has 2 aromatic rings. The molecule has 0 fully saturated rings. The van der Waals surface area contributed by atoms with Gasteiger partial charge in [-0.25, -0.2) is 9.78 Å². The van der Waals surface area contributed by atoms with E-state index < -0.39 is 11.5 Å². The normalized spacial score (nSPS) is 15.0. The number of rotatable bonds is 4. The fourth-order valence-corrected chi connectivity index (χ4v) is 4.30. The third-order valence-electron chi connectivity index (χ3n) is 4.50. The summed E-state index contributed by atoms with van der Waals surface area (Å²) in [6.07, 6.45) is 6.02. The number of aromatic hydroxyl groups is 1. The number of fused-ring (bicyclic) bond motifs is 2. The number of pyridine rings is 1. The number of nitrogens with zero attached hydrogens (tertiary/aromatic N) is 2. The van der Waals surface area contributed by atoms with E-state index >= 15 is 0 Å². The lowest BCUT2D eigenvalue weighted by Crippen LogP contribution is -2.30. The van der Waals surface area contributed by atoms with E-state index in [1.807, 2.05) is 0 Å². The molecule has 0 unspecified atom stereocenters. The molecule has 0 radical (unpaired) electrons. The third kappa shape index (κ3) is 2.75. The quantitative estimate of drug-likeness (QED) is 0.826. The number of esters is 1. The van der Waals surface area contributed by atoms with Crippen LogP contribution in [-0.2, 0) is 35.7 Å². The Morgan fingerprint density at radius 2 is 2.31 bits per heavy atom. The van der Waals surface area contributed by atoms with E-state index in [1.54, 1.807) is 6.92 Å². The molecule has 1 aliphatic carbocycles. The number of hydrogen-bond acceptors (Lipinski definition) is 7. The first-order valence-electron chi connectivity index (χ1n) is 8.47. The molecule has 1 aliphatic heterocycles. The van der Waals surface area contributed by atoms with Crippen LogP contribution < -0.4 is 5.56 Å². The highest BCUT2D eigenvalue weighted by Crippen LogP contribution is 2.31. The monoisotopic (exact) mass is 374 g/mol. The zero-order valence-corrected chi connectivity index (χ0v) is 15.1. The highest BCUT2D eigenvalue weighted by molar-refractivity contribution is 7.12. The summed E-state index contributed by atoms with van der Waals surface area (Å²) in [6, 6.07) is 0. The highest BCUT2D eigenvalue weighted by atomic mass is 32.1. The van der Waals surface area contributed by atoms with Gasteiger partial charge >= 0.3 is 5.97 Å². The van der Waals surface area contributed by atoms with Gasteiger partial charge in [0, 0.05) is 5.56 Å². The number of thiazole rings is 1. The zero-order valence-electron chi connectivity index (χ0n) is 14.3. The van der Waals surface area contributed by atoms with Gasteiger partial charge in [0.1, 0.15) is 10.8 Å². The summed E-state index contributed by atoms with van der Waals surface area (Å²) in [6.45, 7) is 2.38. The molecule has 0 atom stereocenters. The van der Waals surface area contributed by atoms with Crippen molar-refractivity contribution in [3.8, 4) is 5.75 Å². The van der Waals surface area contributed by atoms with Crippen LogP contribution in [0.3, 0.4) is 0 Å². The van der Waals surface area contributed by atoms with Gasteiger partial charge in [0.15, 0.2) is 5.56 Å². The summed E-state index contributed by atoms with van der Waals surface area (Å²) in [5, 5.41) is 11.2. The summed E-state index contributed by atoms with van der Waals surface area (Å²) in [7, 11) is 0. The van der Waals surface area contributed by atoms with Crippen molar-refractivity contribution >= 4 is 23.4 Å². The Hall–Kier alpha value is -2.45. The van der Waals surface area contributed by atoms with Crippen molar-refractivity contribution in [3.63, 3.8) is 0 Å². The average molecular weight is 374 g/mol. The maximum Gasteiger partial charge on any atom is 0.347 e. The summed E-state index contributed by atoms with van der Waals surface area (Å²) in [4.78, 5) is 30.9. The van der Waals surface area contributed by atoms with Crippen molar-refractivity contribution in [2.24, 2.45) is 0 Å². The fraction of sp³-hybridized carbons (Fsp3) is 0.389. The van der Waals surface area contributed by atoms with Crippen molar-refractivity contribution in [2.45, 2.75) is 39.5 Å². The van der Waals surface area contributed by atoms with E-state index in [9.17, 15) is 14.7 Å². The first-order chi connectivity index (χ1) is 12.6. The molecule has 0 saturated heterocycles. The Kier molecular flexibility index (Phi) is 4.37. The zero-order chi connectivity index (χ0) is 18.3. The molecule has 0 aromatic carbocycles. The van der Waals surface area contributed by atoms with E-state index in [0.717, 1.165) is 28.4 Å². The molecule has 3 heterocycles. The second-order valence-electron chi connectivity index (χ2n) is 6.11. The van der Waals surface area contributed by atoms with Crippen molar-refractivity contribution < 1.29 is 19.4 Å².